The van der Waals surface area contributed by atoms with Crippen LogP contribution in [0.15, 0.2) is 6.20 Å². The molecule has 0 saturated heterocycles. The maximum atomic E-state index is 11.7. The highest BCUT2D eigenvalue weighted by molar-refractivity contribution is 5.94. The number of aromatic nitrogens is 2. The average Bonchev–Trinajstić information content (AvgIpc) is 2.43. The van der Waals surface area contributed by atoms with Crippen molar-refractivity contribution >= 4 is 11.6 Å². The number of anilines is 1. The Kier molecular flexibility index (Phi) is 4.06. The molecule has 0 aliphatic carbocycles. The van der Waals surface area contributed by atoms with Crippen molar-refractivity contribution < 1.29 is 4.79 Å². The first kappa shape index (κ1) is 12.7. The van der Waals surface area contributed by atoms with E-state index < -0.39 is 6.04 Å². The standard InChI is InChI=1S/C11H20N4O/c1-7(2)5-9(12)11(16)13-10-6-15(4)14-8(10)3/h6-7,9H,5,12H2,1-4H3,(H,13,16)/t9-/m1/s1. The van der Waals surface area contributed by atoms with Crippen molar-refractivity contribution in [2.45, 2.75) is 33.2 Å². The van der Waals surface area contributed by atoms with Gasteiger partial charge in [-0.1, -0.05) is 13.8 Å². The number of nitrogens with zero attached hydrogens (tertiary/aromatic N) is 2. The van der Waals surface area contributed by atoms with Crippen LogP contribution in [0.4, 0.5) is 5.69 Å². The number of amides is 1. The number of carbonyl (C=O) groups excluding carboxylic acids is 1. The van der Waals surface area contributed by atoms with E-state index >= 15 is 0 Å². The van der Waals surface area contributed by atoms with Crippen LogP contribution in [0.25, 0.3) is 0 Å². The van der Waals surface area contributed by atoms with Gasteiger partial charge in [-0.2, -0.15) is 5.10 Å². The number of aryl methyl sites for hydroxylation is 2. The zero-order valence-corrected chi connectivity index (χ0v) is 10.3. The van der Waals surface area contributed by atoms with Crippen molar-refractivity contribution in [3.8, 4) is 0 Å². The van der Waals surface area contributed by atoms with Crippen LogP contribution >= 0.6 is 0 Å². The molecule has 3 N–H and O–H groups in total. The van der Waals surface area contributed by atoms with Crippen molar-refractivity contribution in [3.05, 3.63) is 11.9 Å². The molecule has 0 aliphatic rings. The third-order valence-electron chi connectivity index (χ3n) is 2.33. The molecule has 5 heteroatoms. The van der Waals surface area contributed by atoms with Crippen molar-refractivity contribution in [2.75, 3.05) is 5.32 Å². The minimum atomic E-state index is -0.459. The van der Waals surface area contributed by atoms with Crippen LogP contribution in [0.3, 0.4) is 0 Å². The van der Waals surface area contributed by atoms with Gasteiger partial charge < -0.3 is 11.1 Å². The molecule has 1 aromatic rings. The first-order chi connectivity index (χ1) is 7.40. The lowest BCUT2D eigenvalue weighted by molar-refractivity contribution is -0.117. The number of nitrogens with two attached hydrogens (primary N) is 1. The number of carbonyl (C=O) groups is 1. The smallest absolute Gasteiger partial charge is 0.241 e. The summed E-state index contributed by atoms with van der Waals surface area (Å²) in [6, 6.07) is -0.459. The summed E-state index contributed by atoms with van der Waals surface area (Å²) < 4.78 is 1.67. The van der Waals surface area contributed by atoms with Gasteiger partial charge in [0.1, 0.15) is 0 Å². The SMILES string of the molecule is Cc1nn(C)cc1NC(=O)[C@H](N)CC(C)C. The maximum Gasteiger partial charge on any atom is 0.241 e. The Labute approximate surface area is 96.0 Å². The highest BCUT2D eigenvalue weighted by atomic mass is 16.2. The van der Waals surface area contributed by atoms with Crippen molar-refractivity contribution in [2.24, 2.45) is 18.7 Å². The van der Waals surface area contributed by atoms with Gasteiger partial charge in [-0.05, 0) is 19.3 Å². The van der Waals surface area contributed by atoms with Gasteiger partial charge in [-0.15, -0.1) is 0 Å². The van der Waals surface area contributed by atoms with Gasteiger partial charge in [0.05, 0.1) is 17.4 Å². The topological polar surface area (TPSA) is 72.9 Å². The van der Waals surface area contributed by atoms with E-state index in [1.54, 1.807) is 10.9 Å². The van der Waals surface area contributed by atoms with Gasteiger partial charge >= 0.3 is 0 Å². The molecule has 0 saturated carbocycles. The van der Waals surface area contributed by atoms with Crippen LogP contribution < -0.4 is 11.1 Å². The van der Waals surface area contributed by atoms with Crippen molar-refractivity contribution in [1.82, 2.24) is 9.78 Å². The summed E-state index contributed by atoms with van der Waals surface area (Å²) >= 11 is 0. The molecular formula is C11H20N4O. The minimum absolute atomic E-state index is 0.148. The second-order valence-corrected chi connectivity index (χ2v) is 4.53. The first-order valence-corrected chi connectivity index (χ1v) is 5.47. The van der Waals surface area contributed by atoms with E-state index in [4.69, 9.17) is 5.73 Å². The highest BCUT2D eigenvalue weighted by Gasteiger charge is 2.16. The largest absolute Gasteiger partial charge is 0.322 e. The number of nitrogens with one attached hydrogen (secondary N) is 1. The molecule has 1 rings (SSSR count). The number of rotatable bonds is 4. The molecule has 90 valence electrons. The summed E-state index contributed by atoms with van der Waals surface area (Å²) in [5.74, 6) is 0.264. The Morgan fingerprint density at radius 1 is 1.62 bits per heavy atom. The van der Waals surface area contributed by atoms with E-state index in [0.29, 0.717) is 12.3 Å². The molecule has 0 aliphatic heterocycles. The zero-order valence-electron chi connectivity index (χ0n) is 10.3. The van der Waals surface area contributed by atoms with Crippen LogP contribution in [0, 0.1) is 12.8 Å². The van der Waals surface area contributed by atoms with Gasteiger partial charge in [0.15, 0.2) is 0 Å². The molecule has 0 aromatic carbocycles. The summed E-state index contributed by atoms with van der Waals surface area (Å²) in [5.41, 5.74) is 7.31. The van der Waals surface area contributed by atoms with Gasteiger partial charge in [0, 0.05) is 13.2 Å². The fourth-order valence-corrected chi connectivity index (χ4v) is 1.56. The molecule has 1 amide bonds. The normalized spacial score (nSPS) is 12.9. The van der Waals surface area contributed by atoms with Gasteiger partial charge in [-0.3, -0.25) is 9.48 Å². The Balaban J connectivity index is 2.60. The van der Waals surface area contributed by atoms with Crippen LogP contribution in [-0.4, -0.2) is 21.7 Å². The lowest BCUT2D eigenvalue weighted by Gasteiger charge is -2.13. The summed E-state index contributed by atoms with van der Waals surface area (Å²) in [7, 11) is 1.82. The molecule has 0 unspecified atom stereocenters. The van der Waals surface area contributed by atoms with Gasteiger partial charge in [0.25, 0.3) is 0 Å². The second-order valence-electron chi connectivity index (χ2n) is 4.53. The summed E-state index contributed by atoms with van der Waals surface area (Å²) in [4.78, 5) is 11.7. The maximum absolute atomic E-state index is 11.7. The molecule has 0 bridgehead atoms. The van der Waals surface area contributed by atoms with E-state index in [1.165, 1.54) is 0 Å². The molecule has 0 fully saturated rings. The molecule has 0 spiro atoms. The Morgan fingerprint density at radius 3 is 2.69 bits per heavy atom. The summed E-state index contributed by atoms with van der Waals surface area (Å²) in [6.07, 6.45) is 2.46. The molecule has 16 heavy (non-hydrogen) atoms. The average molecular weight is 224 g/mol. The van der Waals surface area contributed by atoms with Gasteiger partial charge in [0.2, 0.25) is 5.91 Å². The highest BCUT2D eigenvalue weighted by Crippen LogP contribution is 2.12. The minimum Gasteiger partial charge on any atom is -0.322 e. The van der Waals surface area contributed by atoms with E-state index in [1.807, 2.05) is 27.8 Å². The van der Waals surface area contributed by atoms with Crippen LogP contribution in [-0.2, 0) is 11.8 Å². The fraction of sp³-hybridized carbons (Fsp3) is 0.636. The Bertz CT molecular complexity index is 370. The monoisotopic (exact) mass is 224 g/mol. The quantitative estimate of drug-likeness (QED) is 0.802. The molecule has 1 aromatic heterocycles. The predicted octanol–water partition coefficient (Wildman–Crippen LogP) is 1.04. The Hall–Kier alpha value is -1.36. The first-order valence-electron chi connectivity index (χ1n) is 5.47. The predicted molar refractivity (Wildman–Crippen MR) is 64.0 cm³/mol. The van der Waals surface area contributed by atoms with E-state index in [0.717, 1.165) is 11.4 Å². The number of hydrogen-bond donors (Lipinski definition) is 2. The lowest BCUT2D eigenvalue weighted by Crippen LogP contribution is -2.36. The van der Waals surface area contributed by atoms with E-state index in [-0.39, 0.29) is 5.91 Å². The van der Waals surface area contributed by atoms with Crippen molar-refractivity contribution in [1.29, 1.82) is 0 Å². The summed E-state index contributed by atoms with van der Waals surface area (Å²) in [5, 5.41) is 6.93. The van der Waals surface area contributed by atoms with Crippen LogP contribution in [0.2, 0.25) is 0 Å². The molecule has 1 atom stereocenters. The van der Waals surface area contributed by atoms with E-state index in [9.17, 15) is 4.79 Å². The van der Waals surface area contributed by atoms with Crippen LogP contribution in [0.5, 0.6) is 0 Å². The third-order valence-corrected chi connectivity index (χ3v) is 2.33. The van der Waals surface area contributed by atoms with E-state index in [2.05, 4.69) is 10.4 Å². The second kappa shape index (κ2) is 5.12. The summed E-state index contributed by atoms with van der Waals surface area (Å²) in [6.45, 7) is 5.94. The van der Waals surface area contributed by atoms with Crippen molar-refractivity contribution in [3.63, 3.8) is 0 Å². The lowest BCUT2D eigenvalue weighted by atomic mass is 10.0. The molecule has 5 nitrogen and oxygen atoms in total. The zero-order chi connectivity index (χ0) is 12.3. The fourth-order valence-electron chi connectivity index (χ4n) is 1.56. The van der Waals surface area contributed by atoms with Crippen LogP contribution in [0.1, 0.15) is 26.0 Å². The third kappa shape index (κ3) is 3.34. The molecular weight excluding hydrogens is 204 g/mol. The Morgan fingerprint density at radius 2 is 2.25 bits per heavy atom. The number of hydrogen-bond acceptors (Lipinski definition) is 3. The molecule has 0 radical (unpaired) electrons. The molecule has 1 heterocycles. The van der Waals surface area contributed by atoms with Gasteiger partial charge in [-0.25, -0.2) is 0 Å².